The number of halogens is 2. The molecule has 0 radical (unpaired) electrons. The van der Waals surface area contributed by atoms with Gasteiger partial charge in [0.05, 0.1) is 0 Å². The Kier molecular flexibility index (Phi) is 6.68. The van der Waals surface area contributed by atoms with Gasteiger partial charge in [-0.05, 0) is 74.5 Å². The highest BCUT2D eigenvalue weighted by Gasteiger charge is 2.26. The van der Waals surface area contributed by atoms with Gasteiger partial charge in [0.1, 0.15) is 0 Å². The van der Waals surface area contributed by atoms with Crippen LogP contribution in [-0.4, -0.2) is 38.1 Å². The third kappa shape index (κ3) is 4.64. The van der Waals surface area contributed by atoms with Crippen LogP contribution < -0.4 is 10.9 Å². The maximum atomic E-state index is 6.45. The summed E-state index contributed by atoms with van der Waals surface area (Å²) in [6, 6.07) is 12.8. The largest absolute Gasteiger partial charge is 0.425 e. The van der Waals surface area contributed by atoms with Gasteiger partial charge in [-0.25, -0.2) is 0 Å². The predicted octanol–water partition coefficient (Wildman–Crippen LogP) is 4.22. The zero-order valence-corrected chi connectivity index (χ0v) is 17.3. The summed E-state index contributed by atoms with van der Waals surface area (Å²) in [6.07, 6.45) is 3.74. The zero-order chi connectivity index (χ0) is 18.7. The van der Waals surface area contributed by atoms with Gasteiger partial charge in [0.25, 0.3) is 0 Å². The van der Waals surface area contributed by atoms with Gasteiger partial charge in [-0.1, -0.05) is 53.9 Å². The molecule has 0 saturated carbocycles. The van der Waals surface area contributed by atoms with Gasteiger partial charge in [0, 0.05) is 22.7 Å². The lowest BCUT2D eigenvalue weighted by atomic mass is 9.55. The molecule has 2 nitrogen and oxygen atoms in total. The van der Waals surface area contributed by atoms with Crippen molar-refractivity contribution in [3.63, 3.8) is 0 Å². The van der Waals surface area contributed by atoms with Gasteiger partial charge in [0.2, 0.25) is 0 Å². The normalized spacial score (nSPS) is 18.1. The third-order valence-corrected chi connectivity index (χ3v) is 6.19. The summed E-state index contributed by atoms with van der Waals surface area (Å²) in [5.41, 5.74) is 4.28. The smallest absolute Gasteiger partial charge is 0.361 e. The van der Waals surface area contributed by atoms with Gasteiger partial charge >= 0.3 is 6.92 Å². The van der Waals surface area contributed by atoms with Crippen LogP contribution in [0, 0.1) is 13.8 Å². The molecule has 138 valence electrons. The minimum absolute atomic E-state index is 0.165. The van der Waals surface area contributed by atoms with E-state index in [1.54, 1.807) is 0 Å². The molecule has 0 amide bonds. The average molecular weight is 390 g/mol. The van der Waals surface area contributed by atoms with E-state index in [9.17, 15) is 0 Å². The number of piperidine rings is 1. The lowest BCUT2D eigenvalue weighted by Gasteiger charge is -2.33. The van der Waals surface area contributed by atoms with Crippen LogP contribution in [0.5, 0.6) is 0 Å². The van der Waals surface area contributed by atoms with E-state index < -0.39 is 0 Å². The number of hydrogen-bond donors (Lipinski definition) is 0. The van der Waals surface area contributed by atoms with Crippen LogP contribution >= 0.6 is 23.2 Å². The summed E-state index contributed by atoms with van der Waals surface area (Å²) in [4.78, 5) is 2.41. The Balaban J connectivity index is 1.87. The fraction of sp³-hybridized carbons (Fsp3) is 0.429. The number of benzene rings is 2. The first kappa shape index (κ1) is 19.8. The minimum Gasteiger partial charge on any atom is -0.425 e. The zero-order valence-electron chi connectivity index (χ0n) is 15.8. The molecule has 2 aromatic carbocycles. The second kappa shape index (κ2) is 8.80. The summed E-state index contributed by atoms with van der Waals surface area (Å²) in [7, 11) is 2.19. The quantitative estimate of drug-likeness (QED) is 0.710. The van der Waals surface area contributed by atoms with Crippen LogP contribution in [0.1, 0.15) is 30.4 Å². The highest BCUT2D eigenvalue weighted by atomic mass is 35.5. The van der Waals surface area contributed by atoms with E-state index in [4.69, 9.17) is 27.9 Å². The van der Waals surface area contributed by atoms with Gasteiger partial charge in [-0.15, -0.1) is 0 Å². The van der Waals surface area contributed by atoms with Crippen molar-refractivity contribution < 1.29 is 4.65 Å². The van der Waals surface area contributed by atoms with Crippen LogP contribution in [0.2, 0.25) is 10.0 Å². The van der Waals surface area contributed by atoms with Crippen LogP contribution in [0.15, 0.2) is 36.4 Å². The Bertz CT molecular complexity index is 716. The van der Waals surface area contributed by atoms with E-state index in [-0.39, 0.29) is 6.92 Å². The second-order valence-corrected chi connectivity index (χ2v) is 8.18. The van der Waals surface area contributed by atoms with Gasteiger partial charge in [0.15, 0.2) is 0 Å². The fourth-order valence-electron chi connectivity index (χ4n) is 3.49. The molecule has 5 heteroatoms. The first-order valence-electron chi connectivity index (χ1n) is 9.29. The number of aryl methyl sites for hydroxylation is 2. The van der Waals surface area contributed by atoms with E-state index in [0.717, 1.165) is 38.6 Å². The second-order valence-electron chi connectivity index (χ2n) is 7.36. The molecule has 1 aliphatic rings. The predicted molar refractivity (Wildman–Crippen MR) is 114 cm³/mol. The Morgan fingerprint density at radius 1 is 1.00 bits per heavy atom. The molecule has 2 aromatic rings. The lowest BCUT2D eigenvalue weighted by molar-refractivity contribution is 0.127. The molecule has 0 bridgehead atoms. The van der Waals surface area contributed by atoms with Crippen molar-refractivity contribution in [2.45, 2.75) is 39.2 Å². The van der Waals surface area contributed by atoms with E-state index in [0.29, 0.717) is 12.6 Å². The molecule has 26 heavy (non-hydrogen) atoms. The Hall–Kier alpha value is -0.995. The lowest BCUT2D eigenvalue weighted by Crippen LogP contribution is -2.49. The van der Waals surface area contributed by atoms with Gasteiger partial charge in [-0.3, -0.25) is 0 Å². The molecule has 0 spiro atoms. The number of rotatable bonds is 5. The van der Waals surface area contributed by atoms with E-state index in [2.05, 4.69) is 36.2 Å². The average Bonchev–Trinajstić information content (AvgIpc) is 2.62. The minimum atomic E-state index is -0.165. The van der Waals surface area contributed by atoms with Gasteiger partial charge < -0.3 is 9.55 Å². The molecular weight excluding hydrogens is 364 g/mol. The highest BCUT2D eigenvalue weighted by Crippen LogP contribution is 2.18. The van der Waals surface area contributed by atoms with Crippen LogP contribution in [0.4, 0.5) is 0 Å². The molecule has 1 saturated heterocycles. The summed E-state index contributed by atoms with van der Waals surface area (Å²) >= 11 is 12.8. The molecule has 1 atom stereocenters. The molecule has 0 aromatic heterocycles. The Morgan fingerprint density at radius 2 is 1.58 bits per heavy atom. The highest BCUT2D eigenvalue weighted by molar-refractivity contribution is 6.80. The summed E-state index contributed by atoms with van der Waals surface area (Å²) < 4.78 is 6.45. The molecule has 1 heterocycles. The number of nitrogens with zero attached hydrogens (tertiary/aromatic N) is 1. The fourth-order valence-corrected chi connectivity index (χ4v) is 3.87. The maximum absolute atomic E-state index is 6.45. The molecule has 0 N–H and O–H groups in total. The van der Waals surface area contributed by atoms with Crippen molar-refractivity contribution in [2.75, 3.05) is 20.2 Å². The molecule has 3 rings (SSSR count). The molecule has 0 aliphatic carbocycles. The van der Waals surface area contributed by atoms with Crippen molar-refractivity contribution in [3.05, 3.63) is 57.6 Å². The third-order valence-electron chi connectivity index (χ3n) is 5.37. The van der Waals surface area contributed by atoms with Crippen molar-refractivity contribution in [1.82, 2.24) is 4.90 Å². The SMILES string of the molecule is Cc1ccc(B(OCC2CCCCN2C)c2ccc(C)c(Cl)c2)cc1Cl. The van der Waals surface area contributed by atoms with E-state index in [1.165, 1.54) is 19.3 Å². The van der Waals surface area contributed by atoms with E-state index >= 15 is 0 Å². The Morgan fingerprint density at radius 3 is 2.08 bits per heavy atom. The van der Waals surface area contributed by atoms with Crippen molar-refractivity contribution in [3.8, 4) is 0 Å². The molecular formula is C21H26BCl2NO. The van der Waals surface area contributed by atoms with Crippen molar-refractivity contribution >= 4 is 41.0 Å². The summed E-state index contributed by atoms with van der Waals surface area (Å²) in [6.45, 7) is 5.72. The van der Waals surface area contributed by atoms with Crippen LogP contribution in [-0.2, 0) is 4.65 Å². The first-order valence-corrected chi connectivity index (χ1v) is 10.0. The molecule has 1 aliphatic heterocycles. The number of likely N-dealkylation sites (tertiary alicyclic amines) is 1. The number of likely N-dealkylation sites (N-methyl/N-ethyl adjacent to an activating group) is 1. The summed E-state index contributed by atoms with van der Waals surface area (Å²) in [5, 5.41) is 1.54. The van der Waals surface area contributed by atoms with Crippen LogP contribution in [0.3, 0.4) is 0 Å². The first-order chi connectivity index (χ1) is 12.5. The van der Waals surface area contributed by atoms with Crippen molar-refractivity contribution in [2.24, 2.45) is 0 Å². The monoisotopic (exact) mass is 389 g/mol. The topological polar surface area (TPSA) is 12.5 Å². The standard InChI is InChI=1S/C21H26BCl2NO/c1-15-7-9-17(12-20(15)23)22(18-10-8-16(2)21(24)13-18)26-14-19-6-4-5-11-25(19)3/h7-10,12-13,19H,4-6,11,14H2,1-3H3. The summed E-state index contributed by atoms with van der Waals surface area (Å²) in [5.74, 6) is 0. The maximum Gasteiger partial charge on any atom is 0.361 e. The van der Waals surface area contributed by atoms with Gasteiger partial charge in [-0.2, -0.15) is 0 Å². The van der Waals surface area contributed by atoms with Crippen molar-refractivity contribution in [1.29, 1.82) is 0 Å². The Labute approximate surface area is 167 Å². The molecule has 1 fully saturated rings. The number of hydrogen-bond acceptors (Lipinski definition) is 2. The van der Waals surface area contributed by atoms with E-state index in [1.807, 2.05) is 26.0 Å². The molecule has 1 unspecified atom stereocenters. The van der Waals surface area contributed by atoms with Crippen LogP contribution in [0.25, 0.3) is 0 Å².